The largest absolute Gasteiger partial charge is 0.367 e. The summed E-state index contributed by atoms with van der Waals surface area (Å²) in [6.07, 6.45) is 7.09. The Kier molecular flexibility index (Phi) is 3.78. The quantitative estimate of drug-likeness (QED) is 0.874. The van der Waals surface area contributed by atoms with Crippen molar-refractivity contribution in [1.29, 1.82) is 0 Å². The van der Waals surface area contributed by atoms with Crippen LogP contribution >= 0.6 is 0 Å². The van der Waals surface area contributed by atoms with Gasteiger partial charge in [-0.1, -0.05) is 12.8 Å². The minimum absolute atomic E-state index is 0.0331. The van der Waals surface area contributed by atoms with Crippen molar-refractivity contribution in [1.82, 2.24) is 9.97 Å². The molecule has 1 aromatic heterocycles. The molecule has 1 unspecified atom stereocenters. The van der Waals surface area contributed by atoms with Crippen LogP contribution in [0.5, 0.6) is 0 Å². The summed E-state index contributed by atoms with van der Waals surface area (Å²) in [5.41, 5.74) is 0. The summed E-state index contributed by atoms with van der Waals surface area (Å²) in [5, 5.41) is 6.60. The monoisotopic (exact) mass is 296 g/mol. The van der Waals surface area contributed by atoms with Gasteiger partial charge in [-0.25, -0.2) is 18.4 Å². The number of aromatic nitrogens is 2. The maximum absolute atomic E-state index is 11.4. The predicted octanol–water partition coefficient (Wildman–Crippen LogP) is 1.43. The van der Waals surface area contributed by atoms with Crippen molar-refractivity contribution < 1.29 is 8.42 Å². The molecule has 3 rings (SSSR count). The minimum atomic E-state index is -2.87. The summed E-state index contributed by atoms with van der Waals surface area (Å²) < 4.78 is 22.9. The second kappa shape index (κ2) is 5.55. The van der Waals surface area contributed by atoms with Crippen LogP contribution in [0.2, 0.25) is 0 Å². The minimum Gasteiger partial charge on any atom is -0.367 e. The summed E-state index contributed by atoms with van der Waals surface area (Å²) >= 11 is 0. The first-order chi connectivity index (χ1) is 9.61. The molecule has 2 aliphatic rings. The second-order valence-corrected chi connectivity index (χ2v) is 7.89. The van der Waals surface area contributed by atoms with Crippen LogP contribution in [0, 0.1) is 0 Å². The summed E-state index contributed by atoms with van der Waals surface area (Å²) in [7, 11) is -2.87. The van der Waals surface area contributed by atoms with E-state index in [1.165, 1.54) is 32.0 Å². The molecule has 0 amide bonds. The Morgan fingerprint density at radius 1 is 1.00 bits per heavy atom. The first-order valence-corrected chi connectivity index (χ1v) is 8.98. The second-order valence-electron chi connectivity index (χ2n) is 5.66. The summed E-state index contributed by atoms with van der Waals surface area (Å²) in [4.78, 5) is 8.39. The lowest BCUT2D eigenvalue weighted by Crippen LogP contribution is -2.22. The van der Waals surface area contributed by atoms with E-state index in [9.17, 15) is 8.42 Å². The fraction of sp³-hybridized carbons (Fsp3) is 0.692. The van der Waals surface area contributed by atoms with Gasteiger partial charge in [0.1, 0.15) is 18.0 Å². The Hall–Kier alpha value is -1.37. The topological polar surface area (TPSA) is 84.0 Å². The van der Waals surface area contributed by atoms with E-state index in [1.54, 1.807) is 0 Å². The van der Waals surface area contributed by atoms with Crippen molar-refractivity contribution in [3.63, 3.8) is 0 Å². The molecule has 1 saturated carbocycles. The number of hydrogen-bond donors (Lipinski definition) is 2. The van der Waals surface area contributed by atoms with Crippen LogP contribution < -0.4 is 10.6 Å². The Bertz CT molecular complexity index is 569. The van der Waals surface area contributed by atoms with E-state index >= 15 is 0 Å². The van der Waals surface area contributed by atoms with Crippen molar-refractivity contribution >= 4 is 21.5 Å². The van der Waals surface area contributed by atoms with Crippen molar-refractivity contribution in [2.45, 2.75) is 44.2 Å². The Morgan fingerprint density at radius 2 is 1.65 bits per heavy atom. The van der Waals surface area contributed by atoms with Gasteiger partial charge in [-0.05, 0) is 19.3 Å². The van der Waals surface area contributed by atoms with Gasteiger partial charge in [-0.15, -0.1) is 0 Å². The molecule has 2 heterocycles. The molecule has 7 heteroatoms. The van der Waals surface area contributed by atoms with Crippen molar-refractivity contribution in [3.8, 4) is 0 Å². The summed E-state index contributed by atoms with van der Waals surface area (Å²) in [6, 6.07) is 2.34. The zero-order valence-electron chi connectivity index (χ0n) is 11.4. The Labute approximate surface area is 119 Å². The lowest BCUT2D eigenvalue weighted by Gasteiger charge is -2.15. The van der Waals surface area contributed by atoms with Gasteiger partial charge in [0.25, 0.3) is 0 Å². The molecule has 6 nitrogen and oxygen atoms in total. The third-order valence-electron chi connectivity index (χ3n) is 3.96. The van der Waals surface area contributed by atoms with Crippen molar-refractivity contribution in [3.05, 3.63) is 12.4 Å². The smallest absolute Gasteiger partial charge is 0.152 e. The zero-order chi connectivity index (χ0) is 14.0. The summed E-state index contributed by atoms with van der Waals surface area (Å²) in [6.45, 7) is 0. The van der Waals surface area contributed by atoms with Crippen LogP contribution in [0.1, 0.15) is 32.1 Å². The fourth-order valence-corrected chi connectivity index (χ4v) is 4.59. The van der Waals surface area contributed by atoms with E-state index in [2.05, 4.69) is 20.6 Å². The first kappa shape index (κ1) is 13.6. The first-order valence-electron chi connectivity index (χ1n) is 7.16. The van der Waals surface area contributed by atoms with E-state index in [4.69, 9.17) is 0 Å². The van der Waals surface area contributed by atoms with Crippen molar-refractivity contribution in [2.75, 3.05) is 22.1 Å². The van der Waals surface area contributed by atoms with Gasteiger partial charge < -0.3 is 10.6 Å². The van der Waals surface area contributed by atoms with Crippen LogP contribution in [-0.2, 0) is 9.84 Å². The van der Waals surface area contributed by atoms with Gasteiger partial charge >= 0.3 is 0 Å². The van der Waals surface area contributed by atoms with Gasteiger partial charge in [0.15, 0.2) is 9.84 Å². The molecule has 1 aliphatic carbocycles. The molecular weight excluding hydrogens is 276 g/mol. The number of nitrogens with zero attached hydrogens (tertiary/aromatic N) is 2. The van der Waals surface area contributed by atoms with Gasteiger partial charge in [-0.3, -0.25) is 0 Å². The highest BCUT2D eigenvalue weighted by Gasteiger charge is 2.28. The zero-order valence-corrected chi connectivity index (χ0v) is 12.2. The number of rotatable bonds is 4. The molecule has 1 atom stereocenters. The number of hydrogen-bond acceptors (Lipinski definition) is 6. The van der Waals surface area contributed by atoms with E-state index in [0.29, 0.717) is 18.3 Å². The average Bonchev–Trinajstić information content (AvgIpc) is 3.00. The number of nitrogens with one attached hydrogen (secondary N) is 2. The van der Waals surface area contributed by atoms with E-state index in [-0.39, 0.29) is 17.5 Å². The summed E-state index contributed by atoms with van der Waals surface area (Å²) in [5.74, 6) is 1.98. The Morgan fingerprint density at radius 3 is 2.25 bits per heavy atom. The fourth-order valence-electron chi connectivity index (χ4n) is 2.91. The molecule has 2 N–H and O–H groups in total. The highest BCUT2D eigenvalue weighted by atomic mass is 32.2. The molecule has 0 spiro atoms. The molecular formula is C13H20N4O2S. The molecule has 1 saturated heterocycles. The van der Waals surface area contributed by atoms with Crippen LogP contribution in [0.3, 0.4) is 0 Å². The molecule has 20 heavy (non-hydrogen) atoms. The SMILES string of the molecule is O=S1(=O)CCC(Nc2cc(NC3CCCC3)ncn2)C1. The van der Waals surface area contributed by atoms with Gasteiger partial charge in [0, 0.05) is 18.2 Å². The number of anilines is 2. The van der Waals surface area contributed by atoms with Crippen LogP contribution in [0.15, 0.2) is 12.4 Å². The maximum atomic E-state index is 11.4. The van der Waals surface area contributed by atoms with Gasteiger partial charge in [0.2, 0.25) is 0 Å². The maximum Gasteiger partial charge on any atom is 0.152 e. The highest BCUT2D eigenvalue weighted by molar-refractivity contribution is 7.91. The average molecular weight is 296 g/mol. The van der Waals surface area contributed by atoms with E-state index in [1.807, 2.05) is 6.07 Å². The molecule has 1 aliphatic heterocycles. The van der Waals surface area contributed by atoms with Crippen molar-refractivity contribution in [2.24, 2.45) is 0 Å². The molecule has 0 radical (unpaired) electrons. The molecule has 2 fully saturated rings. The van der Waals surface area contributed by atoms with Crippen LogP contribution in [0.4, 0.5) is 11.6 Å². The normalized spacial score (nSPS) is 25.7. The predicted molar refractivity (Wildman–Crippen MR) is 78.6 cm³/mol. The molecule has 1 aromatic rings. The molecule has 0 aromatic carbocycles. The van der Waals surface area contributed by atoms with E-state index in [0.717, 1.165) is 5.82 Å². The third-order valence-corrected chi connectivity index (χ3v) is 5.73. The third kappa shape index (κ3) is 3.39. The lowest BCUT2D eigenvalue weighted by molar-refractivity contribution is 0.602. The van der Waals surface area contributed by atoms with Crippen LogP contribution in [0.25, 0.3) is 0 Å². The molecule has 110 valence electrons. The molecule has 0 bridgehead atoms. The van der Waals surface area contributed by atoms with E-state index < -0.39 is 9.84 Å². The lowest BCUT2D eigenvalue weighted by atomic mass is 10.2. The van der Waals surface area contributed by atoms with Gasteiger partial charge in [-0.2, -0.15) is 0 Å². The Balaban J connectivity index is 1.62. The standard InChI is InChI=1S/C13H20N4O2S/c18-20(19)6-5-11(8-20)17-13-7-12(14-9-15-13)16-10-3-1-2-4-10/h7,9-11H,1-6,8H2,(H2,14,15,16,17). The van der Waals surface area contributed by atoms with Gasteiger partial charge in [0.05, 0.1) is 11.5 Å². The highest BCUT2D eigenvalue weighted by Crippen LogP contribution is 2.22. The number of sulfone groups is 1. The van der Waals surface area contributed by atoms with Crippen LogP contribution in [-0.4, -0.2) is 42.0 Å².